The number of hydrogen-bond donors (Lipinski definition) is 1. The number of amides is 1. The van der Waals surface area contributed by atoms with Crippen molar-refractivity contribution in [2.75, 3.05) is 13.6 Å². The Labute approximate surface area is 66.8 Å². The number of fused-ring (bicyclic) bond motifs is 2. The summed E-state index contributed by atoms with van der Waals surface area (Å²) in [6.45, 7) is 0.898. The van der Waals surface area contributed by atoms with Crippen molar-refractivity contribution in [1.82, 2.24) is 10.2 Å². The molecule has 2 aliphatic rings. The second kappa shape index (κ2) is 2.48. The maximum absolute atomic E-state index is 11.3. The van der Waals surface area contributed by atoms with Crippen molar-refractivity contribution in [3.05, 3.63) is 0 Å². The lowest BCUT2D eigenvalue weighted by atomic mass is 10.1. The first kappa shape index (κ1) is 7.10. The van der Waals surface area contributed by atoms with Crippen LogP contribution in [0.5, 0.6) is 0 Å². The minimum atomic E-state index is 0.296. The highest BCUT2D eigenvalue weighted by molar-refractivity contribution is 5.77. The first-order chi connectivity index (χ1) is 5.25. The molecule has 0 spiro atoms. The third-order valence-corrected chi connectivity index (χ3v) is 2.68. The molecular formula is C8H14N2O. The zero-order chi connectivity index (χ0) is 7.84. The monoisotopic (exact) mass is 154 g/mol. The van der Waals surface area contributed by atoms with E-state index in [9.17, 15) is 4.79 Å². The Morgan fingerprint density at radius 1 is 1.45 bits per heavy atom. The van der Waals surface area contributed by atoms with Gasteiger partial charge in [0.25, 0.3) is 0 Å². The number of likely N-dealkylation sites (N-methyl/N-ethyl adjacent to an activating group) is 1. The lowest BCUT2D eigenvalue weighted by molar-refractivity contribution is -0.129. The topological polar surface area (TPSA) is 32.3 Å². The molecule has 0 aromatic rings. The molecule has 1 unspecified atom stereocenters. The smallest absolute Gasteiger partial charge is 0.223 e. The third kappa shape index (κ3) is 1.25. The molecule has 2 rings (SSSR count). The summed E-state index contributed by atoms with van der Waals surface area (Å²) in [6, 6.07) is 1.04. The van der Waals surface area contributed by atoms with E-state index < -0.39 is 0 Å². The van der Waals surface area contributed by atoms with Crippen LogP contribution in [0.1, 0.15) is 19.3 Å². The molecule has 1 amide bonds. The molecule has 2 bridgehead atoms. The van der Waals surface area contributed by atoms with E-state index in [4.69, 9.17) is 0 Å². The quantitative estimate of drug-likeness (QED) is 0.531. The Morgan fingerprint density at radius 2 is 2.18 bits per heavy atom. The van der Waals surface area contributed by atoms with E-state index in [1.54, 1.807) is 0 Å². The van der Waals surface area contributed by atoms with Crippen molar-refractivity contribution in [2.45, 2.75) is 31.3 Å². The van der Waals surface area contributed by atoms with Gasteiger partial charge < -0.3 is 10.2 Å². The molecule has 0 aliphatic carbocycles. The van der Waals surface area contributed by atoms with E-state index in [2.05, 4.69) is 5.32 Å². The number of nitrogens with zero attached hydrogens (tertiary/aromatic N) is 1. The summed E-state index contributed by atoms with van der Waals surface area (Å²) >= 11 is 0. The normalized spacial score (nSPS) is 37.5. The molecule has 2 heterocycles. The van der Waals surface area contributed by atoms with Crippen molar-refractivity contribution in [3.63, 3.8) is 0 Å². The molecule has 0 radical (unpaired) electrons. The van der Waals surface area contributed by atoms with Gasteiger partial charge in [0.1, 0.15) is 0 Å². The fourth-order valence-corrected chi connectivity index (χ4v) is 2.01. The highest BCUT2D eigenvalue weighted by Gasteiger charge is 2.31. The van der Waals surface area contributed by atoms with Gasteiger partial charge in [-0.2, -0.15) is 0 Å². The summed E-state index contributed by atoms with van der Waals surface area (Å²) in [5, 5.41) is 3.45. The molecule has 62 valence electrons. The van der Waals surface area contributed by atoms with Gasteiger partial charge in [0, 0.05) is 32.1 Å². The molecule has 2 aliphatic heterocycles. The summed E-state index contributed by atoms with van der Waals surface area (Å²) < 4.78 is 0. The van der Waals surface area contributed by atoms with Crippen LogP contribution in [0.15, 0.2) is 0 Å². The van der Waals surface area contributed by atoms with Gasteiger partial charge in [-0.1, -0.05) is 0 Å². The van der Waals surface area contributed by atoms with Gasteiger partial charge in [-0.25, -0.2) is 0 Å². The van der Waals surface area contributed by atoms with Gasteiger partial charge in [-0.05, 0) is 12.8 Å². The summed E-state index contributed by atoms with van der Waals surface area (Å²) in [7, 11) is 1.89. The van der Waals surface area contributed by atoms with Crippen LogP contribution >= 0.6 is 0 Å². The number of likely N-dealkylation sites (tertiary alicyclic amines) is 1. The Bertz CT molecular complexity index is 181. The Hall–Kier alpha value is -0.570. The Morgan fingerprint density at radius 3 is 3.00 bits per heavy atom. The van der Waals surface area contributed by atoms with Crippen LogP contribution in [0.4, 0.5) is 0 Å². The maximum atomic E-state index is 11.3. The van der Waals surface area contributed by atoms with Crippen LogP contribution in [0, 0.1) is 0 Å². The average molecular weight is 154 g/mol. The summed E-state index contributed by atoms with van der Waals surface area (Å²) in [5.74, 6) is 0.296. The second-order valence-electron chi connectivity index (χ2n) is 3.62. The summed E-state index contributed by atoms with van der Waals surface area (Å²) in [4.78, 5) is 13.1. The van der Waals surface area contributed by atoms with Crippen LogP contribution in [0.2, 0.25) is 0 Å². The number of hydrogen-bond acceptors (Lipinski definition) is 2. The lowest BCUT2D eigenvalue weighted by Crippen LogP contribution is -2.34. The third-order valence-electron chi connectivity index (χ3n) is 2.68. The van der Waals surface area contributed by atoms with Gasteiger partial charge in [0.15, 0.2) is 0 Å². The van der Waals surface area contributed by atoms with E-state index in [1.165, 1.54) is 12.8 Å². The number of nitrogens with one attached hydrogen (secondary N) is 1. The summed E-state index contributed by atoms with van der Waals surface area (Å²) in [6.07, 6.45) is 3.12. The molecule has 1 N–H and O–H groups in total. The van der Waals surface area contributed by atoms with Crippen LogP contribution in [-0.2, 0) is 4.79 Å². The molecule has 0 aromatic carbocycles. The average Bonchev–Trinajstić information content (AvgIpc) is 2.30. The van der Waals surface area contributed by atoms with Gasteiger partial charge >= 0.3 is 0 Å². The van der Waals surface area contributed by atoms with E-state index >= 15 is 0 Å². The highest BCUT2D eigenvalue weighted by Crippen LogP contribution is 2.19. The number of carbonyl (C=O) groups is 1. The maximum Gasteiger partial charge on any atom is 0.223 e. The predicted molar refractivity (Wildman–Crippen MR) is 42.2 cm³/mol. The molecule has 2 atom stereocenters. The van der Waals surface area contributed by atoms with Gasteiger partial charge in [0.2, 0.25) is 5.91 Å². The van der Waals surface area contributed by atoms with Crippen molar-refractivity contribution < 1.29 is 4.79 Å². The first-order valence-corrected chi connectivity index (χ1v) is 4.26. The van der Waals surface area contributed by atoms with Crippen molar-refractivity contribution in [1.29, 1.82) is 0 Å². The van der Waals surface area contributed by atoms with Crippen molar-refractivity contribution >= 4 is 5.91 Å². The van der Waals surface area contributed by atoms with E-state index in [0.717, 1.165) is 6.54 Å². The fourth-order valence-electron chi connectivity index (χ4n) is 2.01. The van der Waals surface area contributed by atoms with Crippen LogP contribution < -0.4 is 5.32 Å². The molecule has 0 aromatic heterocycles. The minimum Gasteiger partial charge on any atom is -0.344 e. The minimum absolute atomic E-state index is 0.296. The van der Waals surface area contributed by atoms with Gasteiger partial charge in [0.05, 0.1) is 0 Å². The summed E-state index contributed by atoms with van der Waals surface area (Å²) in [5.41, 5.74) is 0. The van der Waals surface area contributed by atoms with E-state index in [0.29, 0.717) is 24.4 Å². The Balaban J connectivity index is 2.10. The van der Waals surface area contributed by atoms with Crippen LogP contribution in [0.3, 0.4) is 0 Å². The lowest BCUT2D eigenvalue weighted by Gasteiger charge is -2.18. The molecule has 3 nitrogen and oxygen atoms in total. The van der Waals surface area contributed by atoms with Gasteiger partial charge in [-0.3, -0.25) is 4.79 Å². The molecule has 11 heavy (non-hydrogen) atoms. The fraction of sp³-hybridized carbons (Fsp3) is 0.875. The second-order valence-corrected chi connectivity index (χ2v) is 3.62. The van der Waals surface area contributed by atoms with E-state index in [1.807, 2.05) is 11.9 Å². The zero-order valence-electron chi connectivity index (χ0n) is 6.84. The number of rotatable bonds is 0. The molecule has 2 saturated heterocycles. The largest absolute Gasteiger partial charge is 0.344 e. The molecule has 3 heteroatoms. The molecule has 0 saturated carbocycles. The van der Waals surface area contributed by atoms with Crippen molar-refractivity contribution in [3.8, 4) is 0 Å². The first-order valence-electron chi connectivity index (χ1n) is 4.26. The van der Waals surface area contributed by atoms with Crippen molar-refractivity contribution in [2.24, 2.45) is 0 Å². The van der Waals surface area contributed by atoms with E-state index in [-0.39, 0.29) is 0 Å². The molecular weight excluding hydrogens is 140 g/mol. The van der Waals surface area contributed by atoms with Gasteiger partial charge in [-0.15, -0.1) is 0 Å². The highest BCUT2D eigenvalue weighted by atomic mass is 16.2. The number of carbonyl (C=O) groups excluding carboxylic acids is 1. The van der Waals surface area contributed by atoms with Crippen LogP contribution in [-0.4, -0.2) is 36.5 Å². The Kier molecular flexibility index (Phi) is 1.60. The molecule has 2 fully saturated rings. The predicted octanol–water partition coefficient (Wildman–Crippen LogP) is -0.0309. The SMILES string of the molecule is CN1CC2CC[C@H](CC1=O)N2. The zero-order valence-corrected chi connectivity index (χ0v) is 6.84. The van der Waals surface area contributed by atoms with Crippen LogP contribution in [0.25, 0.3) is 0 Å². The standard InChI is InChI=1S/C8H14N2O/c1-10-5-7-3-2-6(9-7)4-8(10)11/h6-7,9H,2-5H2,1H3/t6-,7?/m1/s1.